The van der Waals surface area contributed by atoms with Crippen LogP contribution in [0.25, 0.3) is 0 Å². The van der Waals surface area contributed by atoms with Crippen molar-refractivity contribution in [3.8, 4) is 69.0 Å². The van der Waals surface area contributed by atoms with E-state index in [2.05, 4.69) is 0 Å². The minimum absolute atomic E-state index is 0.0580. The van der Waals surface area contributed by atoms with Gasteiger partial charge in [-0.25, -0.2) is 4.79 Å². The quantitative estimate of drug-likeness (QED) is 0.161. The summed E-state index contributed by atoms with van der Waals surface area (Å²) in [5.74, 6) is 4.71. The van der Waals surface area contributed by atoms with Gasteiger partial charge in [0.2, 0.25) is 26.1 Å². The summed E-state index contributed by atoms with van der Waals surface area (Å²) in [4.78, 5) is 12.0. The lowest BCUT2D eigenvalue weighted by molar-refractivity contribution is 0.0695. The van der Waals surface area contributed by atoms with Crippen LogP contribution in [0.5, 0.6) is 69.0 Å². The highest BCUT2D eigenvalue weighted by atomic mass is 16.7. The fourth-order valence-corrected chi connectivity index (χ4v) is 4.88. The van der Waals surface area contributed by atoms with Crippen LogP contribution in [0.15, 0.2) is 66.7 Å². The summed E-state index contributed by atoms with van der Waals surface area (Å²) in [5, 5.41) is 9.84. The average Bonchev–Trinajstić information content (AvgIpc) is 3.88. The summed E-state index contributed by atoms with van der Waals surface area (Å²) in [6, 6.07) is 18.5. The van der Waals surface area contributed by atoms with E-state index in [0.29, 0.717) is 51.7 Å². The second-order valence-corrected chi connectivity index (χ2v) is 10.2. The van der Waals surface area contributed by atoms with Crippen LogP contribution in [0.3, 0.4) is 0 Å². The Morgan fingerprint density at radius 3 is 1.23 bits per heavy atom. The summed E-state index contributed by atoms with van der Waals surface area (Å²) in [5.41, 5.74) is -0.0580. The lowest BCUT2D eigenvalue weighted by Gasteiger charge is -2.18. The van der Waals surface area contributed by atoms with Crippen LogP contribution < -0.4 is 56.8 Å². The van der Waals surface area contributed by atoms with Crippen LogP contribution in [0.2, 0.25) is 0 Å². The van der Waals surface area contributed by atoms with E-state index >= 15 is 0 Å². The van der Waals surface area contributed by atoms with Crippen molar-refractivity contribution in [1.82, 2.24) is 0 Å². The Morgan fingerprint density at radius 2 is 0.833 bits per heavy atom. The third-order valence-corrected chi connectivity index (χ3v) is 7.12. The van der Waals surface area contributed by atoms with E-state index in [1.165, 1.54) is 12.1 Å². The van der Waals surface area contributed by atoms with Gasteiger partial charge in [-0.1, -0.05) is 0 Å². The molecule has 0 unspecified atom stereocenters. The summed E-state index contributed by atoms with van der Waals surface area (Å²) in [7, 11) is 0. The maximum atomic E-state index is 12.0. The molecule has 0 aromatic heterocycles. The fraction of sp³-hybridized carbons (Fsp3) is 0.265. The first kappa shape index (κ1) is 30.6. The smallest absolute Gasteiger partial charge is 0.335 e. The largest absolute Gasteiger partial charge is 0.490 e. The Bertz CT molecular complexity index is 1690. The number of hydrogen-bond acceptors (Lipinski definition) is 13. The van der Waals surface area contributed by atoms with E-state index in [-0.39, 0.29) is 82.8 Å². The molecule has 7 rings (SSSR count). The monoisotopic (exact) mass is 662 g/mol. The minimum Gasteiger partial charge on any atom is -0.490 e. The number of aromatic carboxylic acids is 1. The number of ether oxygens (including phenoxy) is 12. The molecule has 1 N–H and O–H groups in total. The van der Waals surface area contributed by atoms with Crippen molar-refractivity contribution in [3.63, 3.8) is 0 Å². The highest BCUT2D eigenvalue weighted by molar-refractivity contribution is 5.89. The Morgan fingerprint density at radius 1 is 0.479 bits per heavy atom. The van der Waals surface area contributed by atoms with Crippen molar-refractivity contribution in [1.29, 1.82) is 0 Å². The molecule has 4 aromatic rings. The Labute approximate surface area is 274 Å². The van der Waals surface area contributed by atoms with Crippen molar-refractivity contribution >= 4 is 5.97 Å². The van der Waals surface area contributed by atoms with Crippen LogP contribution in [0.1, 0.15) is 10.4 Å². The topological polar surface area (TPSA) is 148 Å². The zero-order valence-corrected chi connectivity index (χ0v) is 25.5. The average molecular weight is 663 g/mol. The Balaban J connectivity index is 1.02. The van der Waals surface area contributed by atoms with Crippen LogP contribution in [0, 0.1) is 0 Å². The number of carboxylic acid groups (broad SMARTS) is 1. The molecule has 250 valence electrons. The van der Waals surface area contributed by atoms with Crippen molar-refractivity contribution in [2.75, 3.05) is 60.0 Å². The number of hydrogen-bond donors (Lipinski definition) is 1. The van der Waals surface area contributed by atoms with E-state index < -0.39 is 5.97 Å². The highest BCUT2D eigenvalue weighted by Gasteiger charge is 2.20. The molecule has 0 aliphatic carbocycles. The lowest BCUT2D eigenvalue weighted by atomic mass is 10.2. The molecule has 14 nitrogen and oxygen atoms in total. The molecule has 0 bridgehead atoms. The van der Waals surface area contributed by atoms with Crippen LogP contribution in [0.4, 0.5) is 0 Å². The van der Waals surface area contributed by atoms with Crippen LogP contribution >= 0.6 is 0 Å². The Hall–Kier alpha value is -6.05. The standard InChI is InChI=1S/C34H30O14/c35-34(36)21-13-31(40-10-7-37-22-1-4-25-28(15-22)46-18-43-25)33(42-12-9-39-24-3-6-27-30(17-24)48-20-45-27)32(14-21)41-11-8-38-23-2-5-26-29(16-23)47-19-44-26/h1-6,13-17H,7-12,18-20H2,(H,35,36). The van der Waals surface area contributed by atoms with Crippen LogP contribution in [-0.4, -0.2) is 71.1 Å². The molecule has 0 amide bonds. The minimum atomic E-state index is -1.17. The van der Waals surface area contributed by atoms with Gasteiger partial charge in [-0.05, 0) is 48.5 Å². The van der Waals surface area contributed by atoms with Crippen molar-refractivity contribution < 1.29 is 66.7 Å². The van der Waals surface area contributed by atoms with Gasteiger partial charge in [-0.15, -0.1) is 0 Å². The van der Waals surface area contributed by atoms with Gasteiger partial charge in [0.15, 0.2) is 46.0 Å². The number of rotatable bonds is 16. The first-order chi connectivity index (χ1) is 23.6. The number of benzene rings is 4. The highest BCUT2D eigenvalue weighted by Crippen LogP contribution is 2.40. The molecule has 0 radical (unpaired) electrons. The molecule has 0 atom stereocenters. The second-order valence-electron chi connectivity index (χ2n) is 10.2. The molecule has 3 heterocycles. The predicted molar refractivity (Wildman–Crippen MR) is 164 cm³/mol. The van der Waals surface area contributed by atoms with E-state index in [1.54, 1.807) is 54.6 Å². The van der Waals surface area contributed by atoms with Gasteiger partial charge in [-0.3, -0.25) is 0 Å². The number of fused-ring (bicyclic) bond motifs is 3. The van der Waals surface area contributed by atoms with Crippen molar-refractivity contribution in [2.24, 2.45) is 0 Å². The third-order valence-electron chi connectivity index (χ3n) is 7.12. The van der Waals surface area contributed by atoms with E-state index in [9.17, 15) is 9.90 Å². The summed E-state index contributed by atoms with van der Waals surface area (Å²) in [6.45, 7) is 1.11. The molecule has 0 saturated carbocycles. The molecule has 3 aliphatic rings. The molecule has 3 aliphatic heterocycles. The molecule has 14 heteroatoms. The van der Waals surface area contributed by atoms with Crippen molar-refractivity contribution in [3.05, 3.63) is 72.3 Å². The first-order valence-corrected chi connectivity index (χ1v) is 15.0. The lowest BCUT2D eigenvalue weighted by Crippen LogP contribution is -2.15. The van der Waals surface area contributed by atoms with Gasteiger partial charge in [0, 0.05) is 18.2 Å². The molecule has 0 spiro atoms. The first-order valence-electron chi connectivity index (χ1n) is 15.0. The zero-order chi connectivity index (χ0) is 32.7. The van der Waals surface area contributed by atoms with Gasteiger partial charge < -0.3 is 61.9 Å². The molecule has 0 fully saturated rings. The molecule has 48 heavy (non-hydrogen) atoms. The maximum Gasteiger partial charge on any atom is 0.335 e. The molecular formula is C34H30O14. The van der Waals surface area contributed by atoms with Gasteiger partial charge >= 0.3 is 5.97 Å². The summed E-state index contributed by atoms with van der Waals surface area (Å²) in [6.07, 6.45) is 0. The van der Waals surface area contributed by atoms with Gasteiger partial charge in [0.25, 0.3) is 0 Å². The van der Waals surface area contributed by atoms with Crippen molar-refractivity contribution in [2.45, 2.75) is 0 Å². The molecule has 4 aromatic carbocycles. The second kappa shape index (κ2) is 14.2. The van der Waals surface area contributed by atoms with Gasteiger partial charge in [-0.2, -0.15) is 0 Å². The number of carbonyl (C=O) groups is 1. The fourth-order valence-electron chi connectivity index (χ4n) is 4.88. The summed E-state index contributed by atoms with van der Waals surface area (Å²) >= 11 is 0. The summed E-state index contributed by atoms with van der Waals surface area (Å²) < 4.78 is 67.7. The maximum absolute atomic E-state index is 12.0. The third kappa shape index (κ3) is 7.17. The van der Waals surface area contributed by atoms with Gasteiger partial charge in [0.1, 0.15) is 56.9 Å². The molecule has 0 saturated heterocycles. The number of carboxylic acids is 1. The normalized spacial score (nSPS) is 13.2. The zero-order valence-electron chi connectivity index (χ0n) is 25.5. The van der Waals surface area contributed by atoms with E-state index in [4.69, 9.17) is 56.8 Å². The molecular weight excluding hydrogens is 632 g/mol. The van der Waals surface area contributed by atoms with E-state index in [1.807, 2.05) is 0 Å². The predicted octanol–water partition coefficient (Wildman–Crippen LogP) is 4.94. The Kier molecular flexibility index (Phi) is 9.02. The van der Waals surface area contributed by atoms with E-state index in [0.717, 1.165) is 0 Å². The van der Waals surface area contributed by atoms with Crippen LogP contribution in [-0.2, 0) is 0 Å². The SMILES string of the molecule is O=C(O)c1cc(OCCOc2ccc3c(c2)OCO3)c(OCCOc2ccc3c(c2)OCO3)c(OCCOc2ccc3c(c2)OCO3)c1. The van der Waals surface area contributed by atoms with Gasteiger partial charge in [0.05, 0.1) is 5.56 Å².